The number of benzene rings is 1. The topological polar surface area (TPSA) is 209 Å². The molecule has 0 spiro atoms. The molecule has 2 unspecified atom stereocenters. The van der Waals surface area contributed by atoms with Gasteiger partial charge in [-0.3, -0.25) is 19.2 Å². The zero-order valence-corrected chi connectivity index (χ0v) is 29.4. The van der Waals surface area contributed by atoms with Crippen molar-refractivity contribution in [1.29, 1.82) is 0 Å². The van der Waals surface area contributed by atoms with Crippen LogP contribution in [0.25, 0.3) is 0 Å². The molecule has 0 aromatic heterocycles. The van der Waals surface area contributed by atoms with E-state index < -0.39 is 41.5 Å². The van der Waals surface area contributed by atoms with Crippen molar-refractivity contribution in [2.75, 3.05) is 24.7 Å². The Kier molecular flexibility index (Phi) is 17.2. The smallest absolute Gasteiger partial charge is 0.367 e. The highest BCUT2D eigenvalue weighted by Gasteiger charge is 2.39. The average Bonchev–Trinajstić information content (AvgIpc) is 3.32. The van der Waals surface area contributed by atoms with Crippen LogP contribution in [0.5, 0.6) is 0 Å². The van der Waals surface area contributed by atoms with Gasteiger partial charge in [0.25, 0.3) is 0 Å². The van der Waals surface area contributed by atoms with E-state index in [0.717, 1.165) is 17.3 Å². The van der Waals surface area contributed by atoms with Gasteiger partial charge in [0.1, 0.15) is 24.9 Å². The van der Waals surface area contributed by atoms with Crippen LogP contribution in [0.4, 0.5) is 15.3 Å². The molecular formula is C33H52N6O8S. The number of hydrogen-bond acceptors (Lipinski definition) is 9. The lowest BCUT2D eigenvalue weighted by Crippen LogP contribution is -2.54. The van der Waals surface area contributed by atoms with E-state index in [1.165, 1.54) is 4.90 Å². The van der Waals surface area contributed by atoms with Gasteiger partial charge in [0.05, 0.1) is 0 Å². The first-order valence-electron chi connectivity index (χ1n) is 16.5. The normalized spacial score (nSPS) is 17.2. The summed E-state index contributed by atoms with van der Waals surface area (Å²) in [5.41, 5.74) is 6.34. The van der Waals surface area contributed by atoms with Crippen LogP contribution in [0.1, 0.15) is 78.2 Å². The van der Waals surface area contributed by atoms with Gasteiger partial charge in [0.2, 0.25) is 23.6 Å². The molecule has 1 aromatic carbocycles. The molecule has 14 nitrogen and oxygen atoms in total. The van der Waals surface area contributed by atoms with Crippen molar-refractivity contribution in [1.82, 2.24) is 20.9 Å². The Hall–Kier alpha value is -3.85. The Bertz CT molecular complexity index is 1250. The van der Waals surface area contributed by atoms with Gasteiger partial charge in [-0.1, -0.05) is 46.2 Å². The van der Waals surface area contributed by atoms with Gasteiger partial charge in [0.15, 0.2) is 0 Å². The molecule has 15 heteroatoms. The van der Waals surface area contributed by atoms with Crippen LogP contribution < -0.4 is 27.0 Å². The van der Waals surface area contributed by atoms with Gasteiger partial charge in [-0.25, -0.2) is 9.59 Å². The van der Waals surface area contributed by atoms with E-state index in [1.807, 2.05) is 13.8 Å². The minimum atomic E-state index is -0.980. The van der Waals surface area contributed by atoms with Crippen molar-refractivity contribution in [3.05, 3.63) is 29.8 Å². The third-order valence-electron chi connectivity index (χ3n) is 8.14. The number of aliphatic hydroxyl groups excluding tert-OH is 1. The molecule has 2 rings (SSSR count). The number of amides is 6. The lowest BCUT2D eigenvalue weighted by molar-refractivity contribution is -0.136. The molecule has 0 radical (unpaired) electrons. The van der Waals surface area contributed by atoms with Crippen LogP contribution in [0, 0.1) is 17.8 Å². The van der Waals surface area contributed by atoms with E-state index >= 15 is 0 Å². The maximum atomic E-state index is 13.4. The first-order chi connectivity index (χ1) is 22.7. The second-order valence-corrected chi connectivity index (χ2v) is 13.4. The number of unbranched alkanes of at least 4 members (excludes halogenated alkanes) is 2. The number of urea groups is 1. The molecule has 0 aliphatic carbocycles. The molecule has 1 aromatic rings. The Morgan fingerprint density at radius 2 is 1.69 bits per heavy atom. The summed E-state index contributed by atoms with van der Waals surface area (Å²) >= 11 is 0.966. The lowest BCUT2D eigenvalue weighted by atomic mass is 9.94. The van der Waals surface area contributed by atoms with Crippen LogP contribution in [0.3, 0.4) is 0 Å². The molecular weight excluding hydrogens is 640 g/mol. The highest BCUT2D eigenvalue weighted by atomic mass is 32.2. The summed E-state index contributed by atoms with van der Waals surface area (Å²) in [6.07, 6.45) is 3.85. The maximum Gasteiger partial charge on any atom is 0.367 e. The van der Waals surface area contributed by atoms with Crippen molar-refractivity contribution in [2.24, 2.45) is 23.5 Å². The van der Waals surface area contributed by atoms with Gasteiger partial charge < -0.3 is 41.7 Å². The fraction of sp³-hybridized carbons (Fsp3) is 0.636. The lowest BCUT2D eigenvalue weighted by Gasteiger charge is -2.25. The molecule has 48 heavy (non-hydrogen) atoms. The Morgan fingerprint density at radius 1 is 1.00 bits per heavy atom. The first kappa shape index (κ1) is 40.3. The third-order valence-corrected chi connectivity index (χ3v) is 8.60. The SMILES string of the molecule is CSC(=O)OCc1ccc(NC(=O)[C@H](CCCNC(N)=O)NC(=O)[C@@H](NC(=O)CCCCCN2C(=O)C(C(C)C)CC2O)C(C)C)cc1. The fourth-order valence-corrected chi connectivity index (χ4v) is 5.50. The molecule has 0 saturated carbocycles. The molecule has 1 aliphatic rings. The van der Waals surface area contributed by atoms with Crippen molar-refractivity contribution in [3.8, 4) is 0 Å². The number of carbonyl (C=O) groups is 6. The van der Waals surface area contributed by atoms with E-state index in [-0.39, 0.29) is 55.6 Å². The van der Waals surface area contributed by atoms with Crippen molar-refractivity contribution < 1.29 is 38.6 Å². The highest BCUT2D eigenvalue weighted by Crippen LogP contribution is 2.29. The fourth-order valence-electron chi connectivity index (χ4n) is 5.32. The van der Waals surface area contributed by atoms with Crippen LogP contribution in [-0.2, 0) is 30.5 Å². The predicted octanol–water partition coefficient (Wildman–Crippen LogP) is 3.08. The number of ether oxygens (including phenoxy) is 1. The average molecular weight is 693 g/mol. The number of nitrogens with two attached hydrogens (primary N) is 1. The largest absolute Gasteiger partial charge is 0.453 e. The number of nitrogens with one attached hydrogen (secondary N) is 4. The number of carbonyl (C=O) groups excluding carboxylic acids is 6. The van der Waals surface area contributed by atoms with Crippen molar-refractivity contribution in [2.45, 2.75) is 97.6 Å². The number of likely N-dealkylation sites (tertiary alicyclic amines) is 1. The summed E-state index contributed by atoms with van der Waals surface area (Å²) in [6, 6.07) is 4.13. The zero-order valence-electron chi connectivity index (χ0n) is 28.6. The molecule has 1 saturated heterocycles. The summed E-state index contributed by atoms with van der Waals surface area (Å²) in [4.78, 5) is 76.0. The third kappa shape index (κ3) is 13.7. The highest BCUT2D eigenvalue weighted by molar-refractivity contribution is 8.12. The van der Waals surface area contributed by atoms with E-state index in [1.54, 1.807) is 44.4 Å². The van der Waals surface area contributed by atoms with Gasteiger partial charge in [0, 0.05) is 37.5 Å². The quantitative estimate of drug-likeness (QED) is 0.0928. The van der Waals surface area contributed by atoms with Gasteiger partial charge in [-0.15, -0.1) is 0 Å². The Balaban J connectivity index is 1.93. The van der Waals surface area contributed by atoms with Crippen molar-refractivity contribution >= 4 is 52.4 Å². The number of primary amides is 1. The Labute approximate surface area is 287 Å². The predicted molar refractivity (Wildman–Crippen MR) is 183 cm³/mol. The van der Waals surface area contributed by atoms with Crippen LogP contribution in [-0.4, -0.2) is 82.6 Å². The molecule has 268 valence electrons. The number of rotatable bonds is 19. The zero-order chi connectivity index (χ0) is 35.8. The minimum Gasteiger partial charge on any atom is -0.453 e. The van der Waals surface area contributed by atoms with E-state index in [0.29, 0.717) is 44.3 Å². The summed E-state index contributed by atoms with van der Waals surface area (Å²) in [6.45, 7) is 8.24. The number of anilines is 1. The second kappa shape index (κ2) is 20.5. The molecule has 6 amide bonds. The monoisotopic (exact) mass is 692 g/mol. The van der Waals surface area contributed by atoms with E-state index in [4.69, 9.17) is 10.5 Å². The molecule has 1 fully saturated rings. The van der Waals surface area contributed by atoms with Gasteiger partial charge >= 0.3 is 11.3 Å². The number of thioether (sulfide) groups is 1. The standard InChI is InChI=1S/C33H52N6O8S/c1-20(2)24-18-27(41)39(31(24)44)17-8-6-7-11-26(40)38-28(21(3)4)30(43)37-25(10-9-16-35-32(34)45)29(42)36-23-14-12-22(13-15-23)19-47-33(46)48-5/h12-15,20-21,24-25,27-28,41H,6-11,16-19H2,1-5H3,(H,36,42)(H,37,43)(H,38,40)(H3,34,35,45)/t24?,25-,27?,28-/m0/s1. The summed E-state index contributed by atoms with van der Waals surface area (Å²) < 4.78 is 5.09. The molecule has 0 bridgehead atoms. The summed E-state index contributed by atoms with van der Waals surface area (Å²) in [5, 5.41) is 20.7. The summed E-state index contributed by atoms with van der Waals surface area (Å²) in [7, 11) is 0. The van der Waals surface area contributed by atoms with E-state index in [9.17, 15) is 33.9 Å². The first-order valence-corrected chi connectivity index (χ1v) is 17.7. The molecule has 4 atom stereocenters. The van der Waals surface area contributed by atoms with Crippen molar-refractivity contribution in [3.63, 3.8) is 0 Å². The van der Waals surface area contributed by atoms with Gasteiger partial charge in [-0.05, 0) is 73.2 Å². The van der Waals surface area contributed by atoms with Crippen LogP contribution in [0.2, 0.25) is 0 Å². The van der Waals surface area contributed by atoms with Crippen LogP contribution in [0.15, 0.2) is 24.3 Å². The van der Waals surface area contributed by atoms with E-state index in [2.05, 4.69) is 21.3 Å². The second-order valence-electron chi connectivity index (χ2n) is 12.6. The summed E-state index contributed by atoms with van der Waals surface area (Å²) in [5.74, 6) is -1.63. The molecule has 1 heterocycles. The molecule has 1 aliphatic heterocycles. The van der Waals surface area contributed by atoms with Crippen LogP contribution >= 0.6 is 11.8 Å². The number of nitrogens with zero attached hydrogens (tertiary/aromatic N) is 1. The maximum absolute atomic E-state index is 13.4. The molecule has 7 N–H and O–H groups in total. The Morgan fingerprint density at radius 3 is 2.27 bits per heavy atom. The number of aliphatic hydroxyl groups is 1. The van der Waals surface area contributed by atoms with Gasteiger partial charge in [-0.2, -0.15) is 0 Å². The number of hydrogen-bond donors (Lipinski definition) is 6. The minimum absolute atomic E-state index is 0.0268.